The second kappa shape index (κ2) is 9.46. The van der Waals surface area contributed by atoms with Crippen LogP contribution in [0.15, 0.2) is 51.6 Å². The Bertz CT molecular complexity index is 1000. The summed E-state index contributed by atoms with van der Waals surface area (Å²) in [5, 5.41) is 7.12. The standard InChI is InChI=1S/C24H29N5O3/c30-24(25-17-21-7-4-16-31-21)29-14-12-28(13-15-29)20-10-8-18(9-11-20)22-26-23(32-27-22)19-5-2-1-3-6-19/h4,7-11,16,19H,1-3,5-6,12-15,17H2,(H,25,30). The second-order valence-corrected chi connectivity index (χ2v) is 8.55. The van der Waals surface area contributed by atoms with Crippen molar-refractivity contribution in [3.8, 4) is 11.4 Å². The molecular formula is C24H29N5O3. The van der Waals surface area contributed by atoms with E-state index in [4.69, 9.17) is 8.94 Å². The van der Waals surface area contributed by atoms with Crippen molar-refractivity contribution in [1.82, 2.24) is 20.4 Å². The van der Waals surface area contributed by atoms with E-state index in [0.29, 0.717) is 31.4 Å². The van der Waals surface area contributed by atoms with Crippen molar-refractivity contribution in [2.24, 2.45) is 0 Å². The van der Waals surface area contributed by atoms with Crippen LogP contribution in [0.4, 0.5) is 10.5 Å². The monoisotopic (exact) mass is 435 g/mol. The average Bonchev–Trinajstić information content (AvgIpc) is 3.56. The number of urea groups is 1. The van der Waals surface area contributed by atoms with Crippen LogP contribution in [0.1, 0.15) is 49.7 Å². The summed E-state index contributed by atoms with van der Waals surface area (Å²) in [6.45, 7) is 3.36. The van der Waals surface area contributed by atoms with Crippen molar-refractivity contribution in [3.05, 3.63) is 54.3 Å². The molecule has 1 saturated carbocycles. The van der Waals surface area contributed by atoms with Crippen molar-refractivity contribution >= 4 is 11.7 Å². The molecule has 1 N–H and O–H groups in total. The van der Waals surface area contributed by atoms with Gasteiger partial charge in [0, 0.05) is 43.3 Å². The summed E-state index contributed by atoms with van der Waals surface area (Å²) < 4.78 is 10.8. The van der Waals surface area contributed by atoms with Gasteiger partial charge in [0.25, 0.3) is 0 Å². The van der Waals surface area contributed by atoms with E-state index in [1.54, 1.807) is 6.26 Å². The lowest BCUT2D eigenvalue weighted by atomic mass is 9.89. The number of nitrogens with zero attached hydrogens (tertiary/aromatic N) is 4. The largest absolute Gasteiger partial charge is 0.467 e. The molecule has 2 amide bonds. The number of carbonyl (C=O) groups excluding carboxylic acids is 1. The quantitative estimate of drug-likeness (QED) is 0.639. The number of hydrogen-bond donors (Lipinski definition) is 1. The molecule has 3 heterocycles. The summed E-state index contributed by atoms with van der Waals surface area (Å²) in [5.41, 5.74) is 2.11. The van der Waals surface area contributed by atoms with Crippen LogP contribution in [0.5, 0.6) is 0 Å². The number of aromatic nitrogens is 2. The molecule has 5 rings (SSSR count). The number of anilines is 1. The third-order valence-electron chi connectivity index (χ3n) is 6.45. The normalized spacial score (nSPS) is 17.5. The van der Waals surface area contributed by atoms with Crippen LogP contribution in [0, 0.1) is 0 Å². The maximum Gasteiger partial charge on any atom is 0.317 e. The molecule has 2 aliphatic rings. The first-order valence-corrected chi connectivity index (χ1v) is 11.5. The lowest BCUT2D eigenvalue weighted by molar-refractivity contribution is 0.193. The lowest BCUT2D eigenvalue weighted by Crippen LogP contribution is -2.51. The number of hydrogen-bond acceptors (Lipinski definition) is 6. The predicted molar refractivity (Wildman–Crippen MR) is 120 cm³/mol. The van der Waals surface area contributed by atoms with Gasteiger partial charge >= 0.3 is 6.03 Å². The number of rotatable bonds is 5. The van der Waals surface area contributed by atoms with Gasteiger partial charge in [0.15, 0.2) is 0 Å². The summed E-state index contributed by atoms with van der Waals surface area (Å²) in [7, 11) is 0. The van der Waals surface area contributed by atoms with Gasteiger partial charge < -0.3 is 24.1 Å². The van der Waals surface area contributed by atoms with E-state index in [1.165, 1.54) is 19.3 Å². The van der Waals surface area contributed by atoms with E-state index >= 15 is 0 Å². The predicted octanol–water partition coefficient (Wildman–Crippen LogP) is 4.41. The Morgan fingerprint density at radius 2 is 1.81 bits per heavy atom. The Balaban J connectivity index is 1.14. The number of benzene rings is 1. The number of amides is 2. The summed E-state index contributed by atoms with van der Waals surface area (Å²) in [4.78, 5) is 21.2. The zero-order chi connectivity index (χ0) is 21.8. The molecule has 0 unspecified atom stereocenters. The number of piperazine rings is 1. The van der Waals surface area contributed by atoms with Crippen LogP contribution in [0.25, 0.3) is 11.4 Å². The van der Waals surface area contributed by atoms with Crippen LogP contribution in [0.2, 0.25) is 0 Å². The molecule has 1 aromatic carbocycles. The number of furan rings is 1. The SMILES string of the molecule is O=C(NCc1ccco1)N1CCN(c2ccc(-c3noc(C4CCCCC4)n3)cc2)CC1. The van der Waals surface area contributed by atoms with E-state index in [1.807, 2.05) is 29.2 Å². The van der Waals surface area contributed by atoms with Crippen LogP contribution in [-0.2, 0) is 6.54 Å². The molecule has 2 aromatic heterocycles. The summed E-state index contributed by atoms with van der Waals surface area (Å²) in [5.74, 6) is 2.61. The third kappa shape index (κ3) is 4.64. The second-order valence-electron chi connectivity index (χ2n) is 8.55. The van der Waals surface area contributed by atoms with Gasteiger partial charge in [0.05, 0.1) is 12.8 Å². The maximum atomic E-state index is 12.4. The smallest absolute Gasteiger partial charge is 0.317 e. The molecule has 0 atom stereocenters. The average molecular weight is 436 g/mol. The molecule has 8 nitrogen and oxygen atoms in total. The Morgan fingerprint density at radius 1 is 1.03 bits per heavy atom. The fourth-order valence-corrected chi connectivity index (χ4v) is 4.54. The molecule has 168 valence electrons. The molecule has 1 saturated heterocycles. The highest BCUT2D eigenvalue weighted by Crippen LogP contribution is 2.32. The van der Waals surface area contributed by atoms with Gasteiger partial charge in [-0.1, -0.05) is 24.4 Å². The minimum atomic E-state index is -0.0534. The van der Waals surface area contributed by atoms with E-state index in [-0.39, 0.29) is 6.03 Å². The van der Waals surface area contributed by atoms with Gasteiger partial charge in [-0.25, -0.2) is 4.79 Å². The van der Waals surface area contributed by atoms with Crippen LogP contribution in [0.3, 0.4) is 0 Å². The Kier molecular flexibility index (Phi) is 6.09. The molecule has 2 fully saturated rings. The highest BCUT2D eigenvalue weighted by atomic mass is 16.5. The minimum Gasteiger partial charge on any atom is -0.467 e. The molecule has 0 spiro atoms. The molecule has 32 heavy (non-hydrogen) atoms. The summed E-state index contributed by atoms with van der Waals surface area (Å²) in [6, 6.07) is 11.9. The molecule has 0 radical (unpaired) electrons. The van der Waals surface area contributed by atoms with E-state index in [0.717, 1.165) is 48.8 Å². The Hall–Kier alpha value is -3.29. The highest BCUT2D eigenvalue weighted by molar-refractivity contribution is 5.74. The molecule has 3 aromatic rings. The third-order valence-corrected chi connectivity index (χ3v) is 6.45. The summed E-state index contributed by atoms with van der Waals surface area (Å²) >= 11 is 0. The first kappa shape index (κ1) is 20.6. The van der Waals surface area contributed by atoms with E-state index in [9.17, 15) is 4.79 Å². The van der Waals surface area contributed by atoms with Crippen molar-refractivity contribution in [3.63, 3.8) is 0 Å². The topological polar surface area (TPSA) is 87.6 Å². The highest BCUT2D eigenvalue weighted by Gasteiger charge is 2.23. The fraction of sp³-hybridized carbons (Fsp3) is 0.458. The number of nitrogens with one attached hydrogen (secondary N) is 1. The van der Waals surface area contributed by atoms with Crippen LogP contribution in [-0.4, -0.2) is 47.3 Å². The Morgan fingerprint density at radius 3 is 2.53 bits per heavy atom. The zero-order valence-electron chi connectivity index (χ0n) is 18.2. The minimum absolute atomic E-state index is 0.0534. The molecule has 0 bridgehead atoms. The van der Waals surface area contributed by atoms with Crippen molar-refractivity contribution < 1.29 is 13.7 Å². The fourth-order valence-electron chi connectivity index (χ4n) is 4.54. The van der Waals surface area contributed by atoms with Crippen LogP contribution < -0.4 is 10.2 Å². The molecular weight excluding hydrogens is 406 g/mol. The van der Waals surface area contributed by atoms with Crippen molar-refractivity contribution in [2.75, 3.05) is 31.1 Å². The van der Waals surface area contributed by atoms with Gasteiger partial charge in [-0.05, 0) is 49.2 Å². The maximum absolute atomic E-state index is 12.4. The van der Waals surface area contributed by atoms with Gasteiger partial charge in [0.1, 0.15) is 5.76 Å². The van der Waals surface area contributed by atoms with Gasteiger partial charge in [0.2, 0.25) is 11.7 Å². The van der Waals surface area contributed by atoms with Gasteiger partial charge in [-0.3, -0.25) is 0 Å². The molecule has 8 heteroatoms. The van der Waals surface area contributed by atoms with Gasteiger partial charge in [-0.2, -0.15) is 4.98 Å². The number of carbonyl (C=O) groups is 1. The summed E-state index contributed by atoms with van der Waals surface area (Å²) in [6.07, 6.45) is 7.70. The van der Waals surface area contributed by atoms with E-state index in [2.05, 4.69) is 32.5 Å². The Labute approximate surface area is 187 Å². The molecule has 1 aliphatic heterocycles. The van der Waals surface area contributed by atoms with Gasteiger partial charge in [-0.15, -0.1) is 0 Å². The molecule has 1 aliphatic carbocycles. The van der Waals surface area contributed by atoms with Crippen LogP contribution >= 0.6 is 0 Å². The first-order valence-electron chi connectivity index (χ1n) is 11.5. The lowest BCUT2D eigenvalue weighted by Gasteiger charge is -2.36. The zero-order valence-corrected chi connectivity index (χ0v) is 18.2. The first-order chi connectivity index (χ1) is 15.8. The van der Waals surface area contributed by atoms with Crippen molar-refractivity contribution in [1.29, 1.82) is 0 Å². The van der Waals surface area contributed by atoms with E-state index < -0.39 is 0 Å². The van der Waals surface area contributed by atoms with Crippen molar-refractivity contribution in [2.45, 2.75) is 44.6 Å².